The number of alkyl halides is 3. The molecule has 0 N–H and O–H groups in total. The number of nitrogens with zero attached hydrogens (tertiary/aromatic N) is 5. The summed E-state index contributed by atoms with van der Waals surface area (Å²) in [5.41, 5.74) is 0.459. The fourth-order valence-corrected chi connectivity index (χ4v) is 4.48. The van der Waals surface area contributed by atoms with Crippen molar-refractivity contribution >= 4 is 32.4 Å². The number of halogens is 3. The van der Waals surface area contributed by atoms with Gasteiger partial charge in [0, 0.05) is 52.6 Å². The molecule has 0 aliphatic rings. The highest BCUT2D eigenvalue weighted by atomic mass is 32.1. The van der Waals surface area contributed by atoms with Crippen molar-refractivity contribution in [3.63, 3.8) is 0 Å². The number of hydrogen-bond acceptors (Lipinski definition) is 6. The summed E-state index contributed by atoms with van der Waals surface area (Å²) in [5.74, 6) is 0. The summed E-state index contributed by atoms with van der Waals surface area (Å²) in [6, 6.07) is 7.28. The molecule has 0 saturated heterocycles. The highest BCUT2D eigenvalue weighted by Crippen LogP contribution is 2.45. The predicted octanol–water partition coefficient (Wildman–Crippen LogP) is 5.88. The molecular formula is C21H12F3N5OS. The zero-order valence-corrected chi connectivity index (χ0v) is 16.8. The molecule has 0 bridgehead atoms. The van der Waals surface area contributed by atoms with Crippen molar-refractivity contribution in [2.45, 2.75) is 19.6 Å². The molecule has 5 rings (SSSR count). The molecule has 0 radical (unpaired) electrons. The maximum absolute atomic E-state index is 13.9. The van der Waals surface area contributed by atoms with E-state index in [1.54, 1.807) is 37.5 Å². The van der Waals surface area contributed by atoms with E-state index in [1.807, 2.05) is 0 Å². The third-order valence-electron chi connectivity index (χ3n) is 4.99. The number of aryl methyl sites for hydroxylation is 1. The average molecular weight is 439 g/mol. The van der Waals surface area contributed by atoms with Crippen LogP contribution in [0.3, 0.4) is 0 Å². The Morgan fingerprint density at radius 3 is 2.74 bits per heavy atom. The summed E-state index contributed by atoms with van der Waals surface area (Å²) in [4.78, 5) is 4.73. The number of benzene rings is 1. The Labute approximate surface area is 177 Å². The Hall–Kier alpha value is -3.71. The van der Waals surface area contributed by atoms with Crippen LogP contribution in [0, 0.1) is 11.3 Å². The summed E-state index contributed by atoms with van der Waals surface area (Å²) in [6.07, 6.45) is 1.38. The Balaban J connectivity index is 1.89. The number of pyridine rings is 1. The second kappa shape index (κ2) is 6.92. The second-order valence-electron chi connectivity index (χ2n) is 6.80. The van der Waals surface area contributed by atoms with Crippen molar-refractivity contribution in [1.82, 2.24) is 19.9 Å². The van der Waals surface area contributed by atoms with E-state index < -0.39 is 11.9 Å². The number of fused-ring (bicyclic) bond motifs is 2. The van der Waals surface area contributed by atoms with Crippen molar-refractivity contribution in [2.75, 3.05) is 0 Å². The van der Waals surface area contributed by atoms with Crippen molar-refractivity contribution < 1.29 is 17.7 Å². The quantitative estimate of drug-likeness (QED) is 0.351. The van der Waals surface area contributed by atoms with E-state index in [1.165, 1.54) is 28.4 Å². The van der Waals surface area contributed by atoms with Crippen molar-refractivity contribution in [2.24, 2.45) is 0 Å². The van der Waals surface area contributed by atoms with Crippen LogP contribution in [0.5, 0.6) is 0 Å². The lowest BCUT2D eigenvalue weighted by Gasteiger charge is -2.12. The first kappa shape index (κ1) is 19.3. The second-order valence-corrected chi connectivity index (χ2v) is 7.88. The van der Waals surface area contributed by atoms with Crippen molar-refractivity contribution in [3.8, 4) is 28.3 Å². The van der Waals surface area contributed by atoms with E-state index in [0.29, 0.717) is 21.4 Å². The molecule has 0 amide bonds. The lowest BCUT2D eigenvalue weighted by Crippen LogP contribution is -2.09. The van der Waals surface area contributed by atoms with Gasteiger partial charge in [-0.15, -0.1) is 11.3 Å². The first-order valence-electron chi connectivity index (χ1n) is 9.21. The lowest BCUT2D eigenvalue weighted by atomic mass is 9.92. The molecule has 154 valence electrons. The zero-order chi connectivity index (χ0) is 21.8. The maximum Gasteiger partial charge on any atom is 0.435 e. The molecule has 4 aromatic heterocycles. The van der Waals surface area contributed by atoms with Gasteiger partial charge in [-0.2, -0.15) is 23.5 Å². The van der Waals surface area contributed by atoms with Gasteiger partial charge in [0.15, 0.2) is 11.3 Å². The van der Waals surface area contributed by atoms with E-state index in [-0.39, 0.29) is 23.3 Å². The van der Waals surface area contributed by atoms with Crippen LogP contribution in [-0.4, -0.2) is 19.9 Å². The van der Waals surface area contributed by atoms with E-state index >= 15 is 0 Å². The van der Waals surface area contributed by atoms with Crippen LogP contribution in [0.25, 0.3) is 43.3 Å². The molecule has 4 heterocycles. The Kier molecular flexibility index (Phi) is 4.30. The van der Waals surface area contributed by atoms with E-state index in [4.69, 9.17) is 4.52 Å². The summed E-state index contributed by atoms with van der Waals surface area (Å²) in [6.45, 7) is 1.99. The van der Waals surface area contributed by atoms with E-state index in [9.17, 15) is 18.4 Å². The highest BCUT2D eigenvalue weighted by Gasteiger charge is 2.39. The minimum atomic E-state index is -4.66. The van der Waals surface area contributed by atoms with Gasteiger partial charge in [-0.3, -0.25) is 9.67 Å². The van der Waals surface area contributed by atoms with Gasteiger partial charge < -0.3 is 4.52 Å². The summed E-state index contributed by atoms with van der Waals surface area (Å²) in [5, 5.41) is 18.1. The minimum absolute atomic E-state index is 0.0977. The molecule has 0 atom stereocenters. The first-order chi connectivity index (χ1) is 14.9. The molecule has 0 fully saturated rings. The molecule has 10 heteroatoms. The molecule has 0 aliphatic heterocycles. The molecule has 6 nitrogen and oxygen atoms in total. The van der Waals surface area contributed by atoms with Crippen LogP contribution >= 0.6 is 11.3 Å². The summed E-state index contributed by atoms with van der Waals surface area (Å²) in [7, 11) is 0. The zero-order valence-electron chi connectivity index (χ0n) is 15.9. The van der Waals surface area contributed by atoms with Gasteiger partial charge >= 0.3 is 6.18 Å². The minimum Gasteiger partial charge on any atom is -0.356 e. The molecule has 31 heavy (non-hydrogen) atoms. The normalized spacial score (nSPS) is 12.0. The molecular weight excluding hydrogens is 427 g/mol. The summed E-state index contributed by atoms with van der Waals surface area (Å²) < 4.78 is 49.0. The molecule has 0 aliphatic carbocycles. The van der Waals surface area contributed by atoms with Gasteiger partial charge in [-0.25, -0.2) is 0 Å². The van der Waals surface area contributed by atoms with Crippen LogP contribution < -0.4 is 0 Å². The largest absolute Gasteiger partial charge is 0.435 e. The van der Waals surface area contributed by atoms with Crippen molar-refractivity contribution in [1.29, 1.82) is 5.26 Å². The first-order valence-corrected chi connectivity index (χ1v) is 10.0. The molecule has 1 aromatic carbocycles. The molecule has 0 unspecified atom stereocenters. The number of thiophene rings is 1. The van der Waals surface area contributed by atoms with E-state index in [2.05, 4.69) is 21.3 Å². The number of hydrogen-bond donors (Lipinski definition) is 0. The molecule has 0 spiro atoms. The van der Waals surface area contributed by atoms with Gasteiger partial charge in [0.2, 0.25) is 0 Å². The molecule has 0 saturated carbocycles. The topological polar surface area (TPSA) is 80.5 Å². The monoisotopic (exact) mass is 439 g/mol. The Morgan fingerprint density at radius 2 is 2.00 bits per heavy atom. The van der Waals surface area contributed by atoms with Gasteiger partial charge in [-0.1, -0.05) is 11.2 Å². The van der Waals surface area contributed by atoms with Crippen LogP contribution in [0.1, 0.15) is 17.5 Å². The number of aromatic nitrogens is 4. The van der Waals surface area contributed by atoms with Crippen LogP contribution in [0.2, 0.25) is 0 Å². The standard InChI is InChI=1S/C21H12F3N5OS/c1-2-29-10-16(20(28-29)21(22,23)24)18-13(4-3-11-7-27-30-19(11)18)15-8-26-9-17-14(15)5-12(6-25)31-17/h3-5,7-10H,2H2,1H3. The van der Waals surface area contributed by atoms with Crippen LogP contribution in [0.4, 0.5) is 13.2 Å². The Morgan fingerprint density at radius 1 is 1.16 bits per heavy atom. The fraction of sp³-hybridized carbons (Fsp3) is 0.143. The third-order valence-corrected chi connectivity index (χ3v) is 5.97. The smallest absolute Gasteiger partial charge is 0.356 e. The van der Waals surface area contributed by atoms with Gasteiger partial charge in [0.1, 0.15) is 10.9 Å². The predicted molar refractivity (Wildman–Crippen MR) is 109 cm³/mol. The fourth-order valence-electron chi connectivity index (χ4n) is 3.63. The highest BCUT2D eigenvalue weighted by molar-refractivity contribution is 7.19. The summed E-state index contributed by atoms with van der Waals surface area (Å²) >= 11 is 1.27. The number of nitriles is 1. The SMILES string of the molecule is CCn1cc(-c2c(-c3cncc4sc(C#N)cc34)ccc3cnoc23)c(C(F)(F)F)n1. The van der Waals surface area contributed by atoms with Crippen LogP contribution in [-0.2, 0) is 12.7 Å². The lowest BCUT2D eigenvalue weighted by molar-refractivity contribution is -0.141. The van der Waals surface area contributed by atoms with E-state index in [0.717, 1.165) is 10.1 Å². The van der Waals surface area contributed by atoms with Gasteiger partial charge in [0.05, 0.1) is 10.9 Å². The van der Waals surface area contributed by atoms with Gasteiger partial charge in [-0.05, 0) is 24.6 Å². The maximum atomic E-state index is 13.9. The van der Waals surface area contributed by atoms with Crippen molar-refractivity contribution in [3.05, 3.63) is 53.6 Å². The van der Waals surface area contributed by atoms with Crippen LogP contribution in [0.15, 0.2) is 47.5 Å². The molecule has 5 aromatic rings. The Bertz CT molecular complexity index is 1490. The average Bonchev–Trinajstić information content (AvgIpc) is 3.49. The van der Waals surface area contributed by atoms with Gasteiger partial charge in [0.25, 0.3) is 0 Å². The third kappa shape index (κ3) is 3.05. The number of rotatable bonds is 3.